The maximum atomic E-state index is 11.7. The number of ether oxygens (including phenoxy) is 2. The molecule has 0 saturated carbocycles. The number of aliphatic hydroxyl groups is 1. The molecule has 0 aromatic rings. The van der Waals surface area contributed by atoms with Crippen LogP contribution in [0.5, 0.6) is 0 Å². The lowest BCUT2D eigenvalue weighted by Crippen LogP contribution is -2.24. The molecule has 0 aromatic carbocycles. The Hall–Kier alpha value is -0.870. The Balaban J connectivity index is 3.31. The quantitative estimate of drug-likeness (QED) is 0.121. The Morgan fingerprint density at radius 1 is 0.759 bits per heavy atom. The molecule has 0 aromatic heterocycles. The minimum Gasteiger partial charge on any atom is -0.463 e. The van der Waals surface area contributed by atoms with Gasteiger partial charge in [0.25, 0.3) is 0 Å². The molecule has 0 fully saturated rings. The van der Waals surface area contributed by atoms with Crippen LogP contribution in [-0.4, -0.2) is 37.0 Å². The number of hydrogen-bond acceptors (Lipinski definition) is 4. The Labute approximate surface area is 180 Å². The summed E-state index contributed by atoms with van der Waals surface area (Å²) in [6, 6.07) is 0. The SMILES string of the molecule is CCCCCCCC/C=C/CCCCCCCC(=O)OCC(O)COCCCC. The van der Waals surface area contributed by atoms with E-state index in [0.29, 0.717) is 13.0 Å². The average molecular weight is 413 g/mol. The van der Waals surface area contributed by atoms with Gasteiger partial charge in [0.2, 0.25) is 0 Å². The summed E-state index contributed by atoms with van der Waals surface area (Å²) in [5, 5.41) is 9.69. The van der Waals surface area contributed by atoms with Gasteiger partial charge < -0.3 is 14.6 Å². The molecule has 0 amide bonds. The van der Waals surface area contributed by atoms with E-state index in [4.69, 9.17) is 9.47 Å². The number of carbonyl (C=O) groups excluding carboxylic acids is 1. The van der Waals surface area contributed by atoms with E-state index in [1.54, 1.807) is 0 Å². The Morgan fingerprint density at radius 2 is 1.31 bits per heavy atom. The lowest BCUT2D eigenvalue weighted by molar-refractivity contribution is -0.147. The third kappa shape index (κ3) is 23.3. The van der Waals surface area contributed by atoms with Gasteiger partial charge >= 0.3 is 5.97 Å². The minimum atomic E-state index is -0.718. The molecule has 172 valence electrons. The fourth-order valence-corrected chi connectivity index (χ4v) is 3.12. The molecule has 0 bridgehead atoms. The third-order valence-corrected chi connectivity index (χ3v) is 5.03. The first-order valence-corrected chi connectivity index (χ1v) is 12.3. The summed E-state index contributed by atoms with van der Waals surface area (Å²) in [5.41, 5.74) is 0. The molecule has 0 spiro atoms. The zero-order valence-corrected chi connectivity index (χ0v) is 19.3. The smallest absolute Gasteiger partial charge is 0.305 e. The second-order valence-electron chi connectivity index (χ2n) is 8.10. The van der Waals surface area contributed by atoms with Crippen LogP contribution in [-0.2, 0) is 14.3 Å². The van der Waals surface area contributed by atoms with E-state index < -0.39 is 6.10 Å². The number of esters is 1. The minimum absolute atomic E-state index is 0.0377. The second-order valence-corrected chi connectivity index (χ2v) is 8.10. The lowest BCUT2D eigenvalue weighted by atomic mass is 10.1. The first-order chi connectivity index (χ1) is 14.2. The number of carbonyl (C=O) groups is 1. The second kappa shape index (κ2) is 23.4. The van der Waals surface area contributed by atoms with Gasteiger partial charge in [-0.25, -0.2) is 0 Å². The molecule has 0 saturated heterocycles. The van der Waals surface area contributed by atoms with Gasteiger partial charge in [0.1, 0.15) is 12.7 Å². The van der Waals surface area contributed by atoms with Crippen LogP contribution in [0.3, 0.4) is 0 Å². The van der Waals surface area contributed by atoms with Crippen molar-refractivity contribution in [1.82, 2.24) is 0 Å². The maximum Gasteiger partial charge on any atom is 0.305 e. The van der Waals surface area contributed by atoms with Gasteiger partial charge in [0.05, 0.1) is 6.61 Å². The zero-order valence-electron chi connectivity index (χ0n) is 19.3. The third-order valence-electron chi connectivity index (χ3n) is 5.03. The molecule has 0 aliphatic heterocycles. The molecule has 1 N–H and O–H groups in total. The zero-order chi connectivity index (χ0) is 21.4. The molecule has 0 aliphatic rings. The van der Waals surface area contributed by atoms with Gasteiger partial charge in [-0.05, 0) is 38.5 Å². The maximum absolute atomic E-state index is 11.7. The van der Waals surface area contributed by atoms with Gasteiger partial charge in [-0.1, -0.05) is 83.8 Å². The van der Waals surface area contributed by atoms with Crippen molar-refractivity contribution in [2.24, 2.45) is 0 Å². The van der Waals surface area contributed by atoms with Crippen molar-refractivity contribution in [3.05, 3.63) is 12.2 Å². The molecule has 1 unspecified atom stereocenters. The molecular formula is C25H48O4. The molecule has 0 radical (unpaired) electrons. The largest absolute Gasteiger partial charge is 0.463 e. The monoisotopic (exact) mass is 412 g/mol. The standard InChI is InChI=1S/C25H48O4/c1-3-5-7-8-9-10-11-12-13-14-15-16-17-18-19-20-25(27)29-23-24(26)22-28-21-6-4-2/h12-13,24,26H,3-11,14-23H2,1-2H3/b13-12+. The summed E-state index contributed by atoms with van der Waals surface area (Å²) in [5.74, 6) is -0.213. The summed E-state index contributed by atoms with van der Waals surface area (Å²) in [6.07, 6.45) is 22.7. The molecular weight excluding hydrogens is 364 g/mol. The van der Waals surface area contributed by atoms with Crippen LogP contribution in [0.25, 0.3) is 0 Å². The van der Waals surface area contributed by atoms with E-state index in [0.717, 1.165) is 25.7 Å². The van der Waals surface area contributed by atoms with E-state index in [-0.39, 0.29) is 19.2 Å². The van der Waals surface area contributed by atoms with Gasteiger partial charge in [-0.2, -0.15) is 0 Å². The van der Waals surface area contributed by atoms with Crippen LogP contribution >= 0.6 is 0 Å². The van der Waals surface area contributed by atoms with Gasteiger partial charge in [-0.15, -0.1) is 0 Å². The summed E-state index contributed by atoms with van der Waals surface area (Å²) in [7, 11) is 0. The molecule has 4 heteroatoms. The number of allylic oxidation sites excluding steroid dienone is 2. The van der Waals surface area contributed by atoms with E-state index in [1.807, 2.05) is 0 Å². The number of unbranched alkanes of at least 4 members (excludes halogenated alkanes) is 12. The lowest BCUT2D eigenvalue weighted by Gasteiger charge is -2.11. The Morgan fingerprint density at radius 3 is 1.93 bits per heavy atom. The highest BCUT2D eigenvalue weighted by Gasteiger charge is 2.08. The first-order valence-electron chi connectivity index (χ1n) is 12.3. The summed E-state index contributed by atoms with van der Waals surface area (Å²) in [4.78, 5) is 11.7. The van der Waals surface area contributed by atoms with Crippen LogP contribution in [0.4, 0.5) is 0 Å². The number of hydrogen-bond donors (Lipinski definition) is 1. The van der Waals surface area contributed by atoms with Crippen LogP contribution in [0, 0.1) is 0 Å². The summed E-state index contributed by atoms with van der Waals surface area (Å²) < 4.78 is 10.4. The Kier molecular flexibility index (Phi) is 22.7. The predicted molar refractivity (Wildman–Crippen MR) is 122 cm³/mol. The topological polar surface area (TPSA) is 55.8 Å². The normalized spacial score (nSPS) is 12.5. The van der Waals surface area contributed by atoms with Crippen LogP contribution in [0.1, 0.15) is 117 Å². The first kappa shape index (κ1) is 28.1. The van der Waals surface area contributed by atoms with Crippen molar-refractivity contribution >= 4 is 5.97 Å². The fraction of sp³-hybridized carbons (Fsp3) is 0.880. The van der Waals surface area contributed by atoms with Crippen LogP contribution in [0.15, 0.2) is 12.2 Å². The van der Waals surface area contributed by atoms with Gasteiger partial charge in [-0.3, -0.25) is 4.79 Å². The van der Waals surface area contributed by atoms with Crippen LogP contribution < -0.4 is 0 Å². The van der Waals surface area contributed by atoms with E-state index in [2.05, 4.69) is 26.0 Å². The van der Waals surface area contributed by atoms with Crippen molar-refractivity contribution in [3.8, 4) is 0 Å². The number of rotatable bonds is 22. The van der Waals surface area contributed by atoms with Crippen molar-refractivity contribution < 1.29 is 19.4 Å². The van der Waals surface area contributed by atoms with Crippen molar-refractivity contribution in [2.75, 3.05) is 19.8 Å². The molecule has 0 rings (SSSR count). The van der Waals surface area contributed by atoms with Gasteiger partial charge in [0.15, 0.2) is 0 Å². The average Bonchev–Trinajstić information content (AvgIpc) is 2.72. The molecule has 0 heterocycles. The predicted octanol–water partition coefficient (Wildman–Crippen LogP) is 6.74. The number of aliphatic hydroxyl groups excluding tert-OH is 1. The molecule has 0 aliphatic carbocycles. The van der Waals surface area contributed by atoms with Crippen LogP contribution in [0.2, 0.25) is 0 Å². The molecule has 1 atom stereocenters. The fourth-order valence-electron chi connectivity index (χ4n) is 3.12. The van der Waals surface area contributed by atoms with Crippen molar-refractivity contribution in [2.45, 2.75) is 123 Å². The van der Waals surface area contributed by atoms with E-state index in [9.17, 15) is 9.90 Å². The highest BCUT2D eigenvalue weighted by molar-refractivity contribution is 5.69. The van der Waals surface area contributed by atoms with E-state index >= 15 is 0 Å². The van der Waals surface area contributed by atoms with Crippen molar-refractivity contribution in [1.29, 1.82) is 0 Å². The molecule has 4 nitrogen and oxygen atoms in total. The highest BCUT2D eigenvalue weighted by atomic mass is 16.5. The summed E-state index contributed by atoms with van der Waals surface area (Å²) in [6.45, 7) is 5.28. The molecule has 29 heavy (non-hydrogen) atoms. The summed E-state index contributed by atoms with van der Waals surface area (Å²) >= 11 is 0. The highest BCUT2D eigenvalue weighted by Crippen LogP contribution is 2.10. The Bertz CT molecular complexity index is 368. The van der Waals surface area contributed by atoms with Crippen molar-refractivity contribution in [3.63, 3.8) is 0 Å². The van der Waals surface area contributed by atoms with E-state index in [1.165, 1.54) is 70.6 Å². The van der Waals surface area contributed by atoms with Gasteiger partial charge in [0, 0.05) is 13.0 Å².